The van der Waals surface area contributed by atoms with Crippen molar-refractivity contribution in [2.75, 3.05) is 0 Å². The summed E-state index contributed by atoms with van der Waals surface area (Å²) in [6, 6.07) is 50.4. The van der Waals surface area contributed by atoms with Gasteiger partial charge in [-0.3, -0.25) is 4.98 Å². The fraction of sp³-hybridized carbons (Fsp3) is 0.102. The number of hydrogen-bond donors (Lipinski definition) is 12. The lowest BCUT2D eigenvalue weighted by molar-refractivity contribution is 0.403. The summed E-state index contributed by atoms with van der Waals surface area (Å²) in [6.45, 7) is 0. The van der Waals surface area contributed by atoms with E-state index in [4.69, 9.17) is 0 Å². The Morgan fingerprint density at radius 2 is 0.403 bits per heavy atom. The predicted molar refractivity (Wildman–Crippen MR) is 273 cm³/mol. The third-order valence-corrected chi connectivity index (χ3v) is 11.5. The van der Waals surface area contributed by atoms with Gasteiger partial charge in [0.15, 0.2) is 69.0 Å². The van der Waals surface area contributed by atoms with E-state index in [2.05, 4.69) is 11.1 Å². The van der Waals surface area contributed by atoms with Gasteiger partial charge in [0.05, 0.1) is 0 Å². The molecule has 0 amide bonds. The Bertz CT molecular complexity index is 2940. The van der Waals surface area contributed by atoms with Gasteiger partial charge >= 0.3 is 0 Å². The molecule has 0 saturated carbocycles. The summed E-state index contributed by atoms with van der Waals surface area (Å²) in [5.41, 5.74) is 11.4. The van der Waals surface area contributed by atoms with Crippen molar-refractivity contribution in [1.82, 2.24) is 4.98 Å². The molecule has 0 unspecified atom stereocenters. The van der Waals surface area contributed by atoms with Crippen molar-refractivity contribution in [3.8, 4) is 69.0 Å². The van der Waals surface area contributed by atoms with Crippen LogP contribution in [0.25, 0.3) is 0 Å². The number of phenols is 12. The molecule has 13 heteroatoms. The highest BCUT2D eigenvalue weighted by Crippen LogP contribution is 2.31. The molecule has 8 aromatic carbocycles. The molecule has 0 atom stereocenters. The van der Waals surface area contributed by atoms with Gasteiger partial charge in [0, 0.05) is 24.2 Å². The maximum absolute atomic E-state index is 9.58. The highest BCUT2D eigenvalue weighted by atomic mass is 16.3. The zero-order chi connectivity index (χ0) is 51.3. The van der Waals surface area contributed by atoms with Gasteiger partial charge in [0.1, 0.15) is 0 Å². The van der Waals surface area contributed by atoms with Crippen LogP contribution in [0.4, 0.5) is 0 Å². The quantitative estimate of drug-likeness (QED) is 0.0510. The Morgan fingerprint density at radius 3 is 0.667 bits per heavy atom. The highest BCUT2D eigenvalue weighted by Gasteiger charge is 2.09. The lowest BCUT2D eigenvalue weighted by atomic mass is 9.99. The Morgan fingerprint density at radius 1 is 0.194 bits per heavy atom. The second-order valence-electron chi connectivity index (χ2n) is 17.3. The van der Waals surface area contributed by atoms with Gasteiger partial charge in [-0.05, 0) is 166 Å². The minimum Gasteiger partial charge on any atom is -0.504 e. The molecule has 1 heterocycles. The smallest absolute Gasteiger partial charge is 0.157 e. The molecule has 9 aromatic rings. The van der Waals surface area contributed by atoms with Gasteiger partial charge in [-0.25, -0.2) is 0 Å². The van der Waals surface area contributed by atoms with Crippen LogP contribution in [0.2, 0.25) is 0 Å². The highest BCUT2D eigenvalue weighted by molar-refractivity contribution is 5.47. The summed E-state index contributed by atoms with van der Waals surface area (Å²) in [5, 5.41) is 114. The van der Waals surface area contributed by atoms with E-state index in [0.717, 1.165) is 67.0 Å². The van der Waals surface area contributed by atoms with Gasteiger partial charge in [-0.1, -0.05) is 91.0 Å². The van der Waals surface area contributed by atoms with Crippen LogP contribution in [-0.4, -0.2) is 66.3 Å². The maximum atomic E-state index is 9.58. The molecule has 366 valence electrons. The van der Waals surface area contributed by atoms with Crippen molar-refractivity contribution in [3.63, 3.8) is 0 Å². The largest absolute Gasteiger partial charge is 0.504 e. The molecule has 0 bridgehead atoms. The van der Waals surface area contributed by atoms with Crippen LogP contribution < -0.4 is 0 Å². The molecule has 0 aliphatic carbocycles. The molecular formula is C59H53NO12. The number of nitrogens with zero attached hydrogens (tertiary/aromatic N) is 1. The van der Waals surface area contributed by atoms with E-state index in [0.29, 0.717) is 38.5 Å². The van der Waals surface area contributed by atoms with E-state index in [1.165, 1.54) is 48.5 Å². The molecule has 0 spiro atoms. The van der Waals surface area contributed by atoms with Gasteiger partial charge in [0.25, 0.3) is 0 Å². The van der Waals surface area contributed by atoms with Crippen LogP contribution in [0.3, 0.4) is 0 Å². The average molecular weight is 968 g/mol. The van der Waals surface area contributed by atoms with Crippen LogP contribution in [-0.2, 0) is 38.5 Å². The normalized spacial score (nSPS) is 10.7. The monoisotopic (exact) mass is 967 g/mol. The first-order valence-electron chi connectivity index (χ1n) is 22.7. The molecule has 0 radical (unpaired) electrons. The molecule has 12 N–H and O–H groups in total. The first-order chi connectivity index (χ1) is 34.5. The third-order valence-electron chi connectivity index (χ3n) is 11.5. The molecule has 0 fully saturated rings. The number of pyridine rings is 1. The summed E-state index contributed by atoms with van der Waals surface area (Å²) < 4.78 is 0. The van der Waals surface area contributed by atoms with E-state index in [9.17, 15) is 61.3 Å². The standard InChI is InChI=1S/2C20H18O4.C19H17NO4/c21-17-7-5-15(11-19(17)23)9-13-1-2-14(4-3-13)10-16-6-8-18(22)20(24)12-16;21-17-6-4-15(11-19(17)23)9-13-2-1-3-14(8-13)10-16-5-7-18(22)20(24)12-16;21-16-6-4-12(10-18(16)23)8-14-2-1-3-15(20-14)9-13-5-7-17(22)19(24)11-13/h2*1-8,11-12,21-24H,9-10H2;1-7,10-11,21-24H,8-9H2. The van der Waals surface area contributed by atoms with Crippen LogP contribution in [0.1, 0.15) is 67.0 Å². The van der Waals surface area contributed by atoms with Crippen molar-refractivity contribution in [2.45, 2.75) is 38.5 Å². The van der Waals surface area contributed by atoms with Crippen LogP contribution in [0.15, 0.2) is 176 Å². The second-order valence-corrected chi connectivity index (χ2v) is 17.3. The van der Waals surface area contributed by atoms with Crippen LogP contribution >= 0.6 is 0 Å². The summed E-state index contributed by atoms with van der Waals surface area (Å²) in [6.07, 6.45) is 3.66. The van der Waals surface area contributed by atoms with E-state index in [1.54, 1.807) is 60.7 Å². The van der Waals surface area contributed by atoms with E-state index in [-0.39, 0.29) is 69.0 Å². The number of rotatable bonds is 12. The van der Waals surface area contributed by atoms with E-state index in [1.807, 2.05) is 60.7 Å². The molecule has 0 aliphatic rings. The summed E-state index contributed by atoms with van der Waals surface area (Å²) in [7, 11) is 0. The lowest BCUT2D eigenvalue weighted by Crippen LogP contribution is -1.98. The number of phenolic OH excluding ortho intramolecular Hbond substituents is 12. The summed E-state index contributed by atoms with van der Waals surface area (Å²) in [5.74, 6) is -1.55. The summed E-state index contributed by atoms with van der Waals surface area (Å²) >= 11 is 0. The van der Waals surface area contributed by atoms with Crippen molar-refractivity contribution in [1.29, 1.82) is 0 Å². The Kier molecular flexibility index (Phi) is 16.2. The lowest BCUT2D eigenvalue weighted by Gasteiger charge is -2.08. The van der Waals surface area contributed by atoms with Gasteiger partial charge in [-0.2, -0.15) is 0 Å². The fourth-order valence-electron chi connectivity index (χ4n) is 7.79. The predicted octanol–water partition coefficient (Wildman–Crippen LogP) is 10.5. The van der Waals surface area contributed by atoms with Crippen molar-refractivity contribution >= 4 is 0 Å². The maximum Gasteiger partial charge on any atom is 0.157 e. The van der Waals surface area contributed by atoms with Crippen molar-refractivity contribution < 1.29 is 61.3 Å². The van der Waals surface area contributed by atoms with E-state index < -0.39 is 0 Å². The molecular weight excluding hydrogens is 915 g/mol. The number of benzene rings is 8. The number of aromatic hydroxyl groups is 12. The molecule has 72 heavy (non-hydrogen) atoms. The average Bonchev–Trinajstić information content (AvgIpc) is 3.35. The third kappa shape index (κ3) is 14.3. The fourth-order valence-corrected chi connectivity index (χ4v) is 7.79. The second kappa shape index (κ2) is 23.2. The Balaban J connectivity index is 0.000000158. The molecule has 13 nitrogen and oxygen atoms in total. The van der Waals surface area contributed by atoms with Crippen LogP contribution in [0.5, 0.6) is 69.0 Å². The Labute approximate surface area is 415 Å². The topological polar surface area (TPSA) is 256 Å². The number of aromatic nitrogens is 1. The first-order valence-corrected chi connectivity index (χ1v) is 22.7. The minimum atomic E-state index is -0.150. The zero-order valence-electron chi connectivity index (χ0n) is 38.8. The summed E-state index contributed by atoms with van der Waals surface area (Å²) in [4.78, 5) is 4.58. The minimum absolute atomic E-state index is 0.115. The zero-order valence-corrected chi connectivity index (χ0v) is 38.8. The van der Waals surface area contributed by atoms with E-state index >= 15 is 0 Å². The number of hydrogen-bond acceptors (Lipinski definition) is 13. The molecule has 0 saturated heterocycles. The molecule has 0 aliphatic heterocycles. The molecule has 9 rings (SSSR count). The van der Waals surface area contributed by atoms with Crippen molar-refractivity contribution in [3.05, 3.63) is 243 Å². The van der Waals surface area contributed by atoms with Gasteiger partial charge < -0.3 is 61.3 Å². The van der Waals surface area contributed by atoms with Crippen molar-refractivity contribution in [2.24, 2.45) is 0 Å². The first kappa shape index (κ1) is 50.4. The molecule has 1 aromatic heterocycles. The Hall–Kier alpha value is -9.49. The van der Waals surface area contributed by atoms with Crippen LogP contribution in [0, 0.1) is 0 Å². The van der Waals surface area contributed by atoms with Gasteiger partial charge in [-0.15, -0.1) is 0 Å². The SMILES string of the molecule is Oc1ccc(Cc2ccc(Cc3ccc(O)c(O)c3)cc2)cc1O.Oc1ccc(Cc2cccc(Cc3ccc(O)c(O)c3)c2)cc1O.Oc1ccc(Cc2cccc(Cc3ccc(O)c(O)c3)n2)cc1O. The van der Waals surface area contributed by atoms with Gasteiger partial charge in [0.2, 0.25) is 0 Å².